The first-order chi connectivity index (χ1) is 12.5. The van der Waals surface area contributed by atoms with Crippen LogP contribution >= 0.6 is 0 Å². The van der Waals surface area contributed by atoms with Gasteiger partial charge >= 0.3 is 0 Å². The van der Waals surface area contributed by atoms with Gasteiger partial charge < -0.3 is 4.42 Å². The van der Waals surface area contributed by atoms with Crippen molar-refractivity contribution in [3.8, 4) is 0 Å². The Morgan fingerprint density at radius 3 is 2.27 bits per heavy atom. The molecular weight excluding hydrogens is 350 g/mol. The van der Waals surface area contributed by atoms with Crippen LogP contribution in [-0.2, 0) is 14.8 Å². The van der Waals surface area contributed by atoms with Gasteiger partial charge in [-0.1, -0.05) is 43.4 Å². The molecule has 2 aromatic rings. The van der Waals surface area contributed by atoms with Crippen molar-refractivity contribution in [2.45, 2.75) is 56.4 Å². The molecule has 2 fully saturated rings. The largest absolute Gasteiger partial charge is 0.467 e. The summed E-state index contributed by atoms with van der Waals surface area (Å²) in [4.78, 5) is 13.3. The molecule has 4 rings (SSSR count). The van der Waals surface area contributed by atoms with Gasteiger partial charge in [-0.3, -0.25) is 4.79 Å². The molecule has 1 aliphatic carbocycles. The van der Waals surface area contributed by atoms with Gasteiger partial charge in [0, 0.05) is 0 Å². The molecule has 1 aromatic carbocycles. The number of nitrogens with zero attached hydrogens (tertiary/aromatic N) is 1. The number of β-lactam (4-membered cyclic amide) rings is 1. The molecular formula is C20H23NO4S. The molecule has 1 spiro atoms. The average molecular weight is 373 g/mol. The number of furan rings is 1. The minimum atomic E-state index is -3.91. The molecule has 0 bridgehead atoms. The number of hydrogen-bond donors (Lipinski definition) is 0. The summed E-state index contributed by atoms with van der Waals surface area (Å²) in [6.45, 7) is 1.90. The maximum atomic E-state index is 13.2. The first kappa shape index (κ1) is 17.3. The van der Waals surface area contributed by atoms with Crippen LogP contribution in [0.15, 0.2) is 52.0 Å². The van der Waals surface area contributed by atoms with E-state index in [0.29, 0.717) is 5.76 Å². The summed E-state index contributed by atoms with van der Waals surface area (Å²) >= 11 is 0. The van der Waals surface area contributed by atoms with Crippen molar-refractivity contribution in [2.24, 2.45) is 5.41 Å². The smallest absolute Gasteiger partial charge is 0.267 e. The third-order valence-corrected chi connectivity index (χ3v) is 7.53. The van der Waals surface area contributed by atoms with Crippen molar-refractivity contribution in [1.82, 2.24) is 4.31 Å². The molecule has 0 N–H and O–H groups in total. The van der Waals surface area contributed by atoms with Crippen molar-refractivity contribution in [1.29, 1.82) is 0 Å². The van der Waals surface area contributed by atoms with Gasteiger partial charge in [0.2, 0.25) is 5.91 Å². The normalized spacial score (nSPS) is 22.9. The van der Waals surface area contributed by atoms with Gasteiger partial charge in [0.15, 0.2) is 0 Å². The molecule has 26 heavy (non-hydrogen) atoms. The van der Waals surface area contributed by atoms with E-state index >= 15 is 0 Å². The monoisotopic (exact) mass is 373 g/mol. The van der Waals surface area contributed by atoms with Crippen LogP contribution in [0.25, 0.3) is 0 Å². The minimum Gasteiger partial charge on any atom is -0.467 e. The van der Waals surface area contributed by atoms with Crippen molar-refractivity contribution in [3.05, 3.63) is 54.0 Å². The molecule has 1 atom stereocenters. The molecule has 1 amide bonds. The van der Waals surface area contributed by atoms with Crippen LogP contribution in [0.4, 0.5) is 0 Å². The molecule has 1 aromatic heterocycles. The number of carbonyl (C=O) groups is 1. The van der Waals surface area contributed by atoms with E-state index in [4.69, 9.17) is 4.42 Å². The van der Waals surface area contributed by atoms with Crippen LogP contribution in [0.3, 0.4) is 0 Å². The predicted molar refractivity (Wildman–Crippen MR) is 96.8 cm³/mol. The van der Waals surface area contributed by atoms with Crippen LogP contribution in [0.2, 0.25) is 0 Å². The number of rotatable bonds is 3. The van der Waals surface area contributed by atoms with Gasteiger partial charge in [-0.2, -0.15) is 0 Å². The van der Waals surface area contributed by atoms with Crippen LogP contribution in [0.1, 0.15) is 55.9 Å². The third kappa shape index (κ3) is 2.50. The minimum absolute atomic E-state index is 0.150. The predicted octanol–water partition coefficient (Wildman–Crippen LogP) is 4.20. The first-order valence-corrected chi connectivity index (χ1v) is 10.6. The van der Waals surface area contributed by atoms with E-state index < -0.39 is 21.5 Å². The summed E-state index contributed by atoms with van der Waals surface area (Å²) in [6, 6.07) is 9.61. The van der Waals surface area contributed by atoms with E-state index in [1.54, 1.807) is 42.7 Å². The lowest BCUT2D eigenvalue weighted by atomic mass is 9.66. The van der Waals surface area contributed by atoms with Gasteiger partial charge in [0.05, 0.1) is 16.6 Å². The fraction of sp³-hybridized carbons (Fsp3) is 0.450. The topological polar surface area (TPSA) is 67.6 Å². The highest BCUT2D eigenvalue weighted by molar-refractivity contribution is 7.89. The second-order valence-corrected chi connectivity index (χ2v) is 9.22. The summed E-state index contributed by atoms with van der Waals surface area (Å²) in [5.74, 6) is 0.281. The van der Waals surface area contributed by atoms with Crippen molar-refractivity contribution < 1.29 is 17.6 Å². The molecule has 5 nitrogen and oxygen atoms in total. The zero-order chi connectivity index (χ0) is 18.4. The SMILES string of the molecule is Cc1ccc(S(=O)(=O)N2C(=O)C3(CCCCCC3)[C@@H]2c2ccco2)cc1. The molecule has 0 radical (unpaired) electrons. The molecule has 2 heterocycles. The van der Waals surface area contributed by atoms with Gasteiger partial charge in [-0.25, -0.2) is 12.7 Å². The summed E-state index contributed by atoms with van der Waals surface area (Å²) in [7, 11) is -3.91. The Labute approximate surface area is 154 Å². The van der Waals surface area contributed by atoms with E-state index in [1.807, 2.05) is 6.92 Å². The maximum absolute atomic E-state index is 13.2. The van der Waals surface area contributed by atoms with Gasteiger partial charge in [-0.15, -0.1) is 0 Å². The zero-order valence-electron chi connectivity index (χ0n) is 14.8. The lowest BCUT2D eigenvalue weighted by Crippen LogP contribution is -2.64. The van der Waals surface area contributed by atoms with Crippen molar-refractivity contribution >= 4 is 15.9 Å². The van der Waals surface area contributed by atoms with Gasteiger partial charge in [0.1, 0.15) is 11.8 Å². The zero-order valence-corrected chi connectivity index (χ0v) is 15.7. The number of carbonyl (C=O) groups excluding carboxylic acids is 1. The average Bonchev–Trinajstić information content (AvgIpc) is 3.01. The van der Waals surface area contributed by atoms with E-state index in [0.717, 1.165) is 48.4 Å². The first-order valence-electron chi connectivity index (χ1n) is 9.16. The Bertz CT molecular complexity index is 892. The Morgan fingerprint density at radius 2 is 1.69 bits per heavy atom. The van der Waals surface area contributed by atoms with Crippen LogP contribution in [-0.4, -0.2) is 18.6 Å². The molecule has 2 aliphatic rings. The van der Waals surface area contributed by atoms with E-state index in [-0.39, 0.29) is 10.8 Å². The van der Waals surface area contributed by atoms with Gasteiger partial charge in [-0.05, 0) is 44.0 Å². The molecule has 1 aliphatic heterocycles. The molecule has 0 unspecified atom stereocenters. The highest BCUT2D eigenvalue weighted by Crippen LogP contribution is 2.58. The number of hydrogen-bond acceptors (Lipinski definition) is 4. The van der Waals surface area contributed by atoms with E-state index in [2.05, 4.69) is 0 Å². The summed E-state index contributed by atoms with van der Waals surface area (Å²) in [5, 5.41) is 0. The van der Waals surface area contributed by atoms with E-state index in [9.17, 15) is 13.2 Å². The highest BCUT2D eigenvalue weighted by atomic mass is 32.2. The van der Waals surface area contributed by atoms with Crippen LogP contribution in [0, 0.1) is 12.3 Å². The molecule has 1 saturated carbocycles. The fourth-order valence-electron chi connectivity index (χ4n) is 4.37. The summed E-state index contributed by atoms with van der Waals surface area (Å²) < 4.78 is 33.1. The fourth-order valence-corrected chi connectivity index (χ4v) is 6.06. The number of sulfonamides is 1. The maximum Gasteiger partial charge on any atom is 0.267 e. The Kier molecular flexibility index (Phi) is 4.18. The number of aryl methyl sites for hydroxylation is 1. The Hall–Kier alpha value is -2.08. The lowest BCUT2D eigenvalue weighted by molar-refractivity contribution is -0.164. The van der Waals surface area contributed by atoms with Crippen LogP contribution < -0.4 is 0 Å². The Balaban J connectivity index is 1.78. The van der Waals surface area contributed by atoms with Crippen molar-refractivity contribution in [3.63, 3.8) is 0 Å². The standard InChI is InChI=1S/C20H23NO4S/c1-15-8-10-16(11-9-15)26(23,24)21-18(17-7-6-14-25-17)20(19(21)22)12-4-2-3-5-13-20/h6-11,14,18H,2-5,12-13H2,1H3/t18-/m0/s1. The van der Waals surface area contributed by atoms with Crippen LogP contribution in [0.5, 0.6) is 0 Å². The molecule has 6 heteroatoms. The summed E-state index contributed by atoms with van der Waals surface area (Å²) in [5.41, 5.74) is 0.327. The van der Waals surface area contributed by atoms with Crippen molar-refractivity contribution in [2.75, 3.05) is 0 Å². The van der Waals surface area contributed by atoms with E-state index in [1.165, 1.54) is 0 Å². The quantitative estimate of drug-likeness (QED) is 0.756. The number of amides is 1. The lowest BCUT2D eigenvalue weighted by Gasteiger charge is -2.53. The van der Waals surface area contributed by atoms with Gasteiger partial charge in [0.25, 0.3) is 10.0 Å². The molecule has 138 valence electrons. The summed E-state index contributed by atoms with van der Waals surface area (Å²) in [6.07, 6.45) is 7.05. The second-order valence-electron chi connectivity index (χ2n) is 7.41. The number of benzene rings is 1. The third-order valence-electron chi connectivity index (χ3n) is 5.77. The highest BCUT2D eigenvalue weighted by Gasteiger charge is 2.65. The molecule has 1 saturated heterocycles. The Morgan fingerprint density at radius 1 is 1.04 bits per heavy atom. The second kappa shape index (κ2) is 6.27.